The summed E-state index contributed by atoms with van der Waals surface area (Å²) in [7, 11) is 0. The van der Waals surface area contributed by atoms with Crippen LogP contribution in [0.3, 0.4) is 0 Å². The molecule has 0 saturated carbocycles. The van der Waals surface area contributed by atoms with Crippen LogP contribution in [0.15, 0.2) is 60.8 Å². The molecule has 0 aromatic heterocycles. The van der Waals surface area contributed by atoms with Crippen molar-refractivity contribution >= 4 is 5.97 Å². The van der Waals surface area contributed by atoms with E-state index in [1.165, 1.54) is 0 Å². The van der Waals surface area contributed by atoms with Crippen LogP contribution in [-0.2, 0) is 9.53 Å². The van der Waals surface area contributed by atoms with E-state index in [2.05, 4.69) is 43.4 Å². The lowest BCUT2D eigenvalue weighted by Crippen LogP contribution is -2.02. The van der Waals surface area contributed by atoms with Gasteiger partial charge >= 0.3 is 5.97 Å². The van der Waals surface area contributed by atoms with Gasteiger partial charge in [0.15, 0.2) is 0 Å². The molecule has 0 heterocycles. The van der Waals surface area contributed by atoms with E-state index in [0.29, 0.717) is 13.0 Å². The second kappa shape index (κ2) is 18.5. The maximum atomic E-state index is 11.1. The van der Waals surface area contributed by atoms with Crippen molar-refractivity contribution in [2.24, 2.45) is 0 Å². The van der Waals surface area contributed by atoms with Crippen LogP contribution >= 0.6 is 0 Å². The third-order valence-electron chi connectivity index (χ3n) is 3.28. The van der Waals surface area contributed by atoms with Crippen LogP contribution in [0.4, 0.5) is 0 Å². The van der Waals surface area contributed by atoms with E-state index in [1.54, 1.807) is 12.2 Å². The van der Waals surface area contributed by atoms with Gasteiger partial charge in [-0.3, -0.25) is 4.79 Å². The van der Waals surface area contributed by atoms with Crippen molar-refractivity contribution in [1.82, 2.24) is 0 Å². The quantitative estimate of drug-likeness (QED) is 0.259. The number of unbranched alkanes of at least 4 members (excludes halogenated alkanes) is 1. The van der Waals surface area contributed by atoms with Crippen molar-refractivity contribution in [3.05, 3.63) is 60.8 Å². The molecule has 0 amide bonds. The zero-order valence-electron chi connectivity index (χ0n) is 15.8. The lowest BCUT2D eigenvalue weighted by molar-refractivity contribution is -0.143. The summed E-state index contributed by atoms with van der Waals surface area (Å²) in [5, 5.41) is 9.74. The van der Waals surface area contributed by atoms with E-state index >= 15 is 0 Å². The Morgan fingerprint density at radius 1 is 0.880 bits per heavy atom. The molecule has 0 aromatic carbocycles. The molecule has 0 radical (unpaired) electrons. The molecular weight excluding hydrogens is 312 g/mol. The van der Waals surface area contributed by atoms with E-state index in [-0.39, 0.29) is 5.97 Å². The molecule has 1 atom stereocenters. The summed E-state index contributed by atoms with van der Waals surface area (Å²) in [5.41, 5.74) is 0. The number of hydrogen-bond donors (Lipinski definition) is 1. The van der Waals surface area contributed by atoms with Crippen LogP contribution in [0.2, 0.25) is 0 Å². The summed E-state index contributed by atoms with van der Waals surface area (Å²) in [6.07, 6.45) is 25.5. The highest BCUT2D eigenvalue weighted by Crippen LogP contribution is 2.01. The van der Waals surface area contributed by atoms with Gasteiger partial charge in [0.2, 0.25) is 0 Å². The fraction of sp³-hybridized carbons (Fsp3) is 0.500. The smallest absolute Gasteiger partial charge is 0.305 e. The third-order valence-corrected chi connectivity index (χ3v) is 3.28. The van der Waals surface area contributed by atoms with Gasteiger partial charge in [-0.25, -0.2) is 0 Å². The summed E-state index contributed by atoms with van der Waals surface area (Å²) in [4.78, 5) is 11.1. The predicted molar refractivity (Wildman–Crippen MR) is 106 cm³/mol. The number of hydrogen-bond acceptors (Lipinski definition) is 3. The topological polar surface area (TPSA) is 46.5 Å². The van der Waals surface area contributed by atoms with Gasteiger partial charge in [0.25, 0.3) is 0 Å². The van der Waals surface area contributed by atoms with Crippen LogP contribution in [0.5, 0.6) is 0 Å². The Balaban J connectivity index is 3.65. The van der Waals surface area contributed by atoms with Gasteiger partial charge in [0.05, 0.1) is 12.7 Å². The molecule has 0 aromatic rings. The van der Waals surface area contributed by atoms with Crippen molar-refractivity contribution < 1.29 is 14.6 Å². The average molecular weight is 347 g/mol. The minimum atomic E-state index is -0.511. The van der Waals surface area contributed by atoms with Crippen molar-refractivity contribution in [2.45, 2.75) is 64.9 Å². The first kappa shape index (κ1) is 23.1. The predicted octanol–water partition coefficient (Wildman–Crippen LogP) is 5.44. The number of carbonyl (C=O) groups is 1. The Hall–Kier alpha value is -1.87. The number of carbonyl (C=O) groups excluding carboxylic acids is 1. The molecular formula is C22H34O3. The molecule has 0 rings (SSSR count). The molecule has 0 fully saturated rings. The molecule has 0 aliphatic carbocycles. The highest BCUT2D eigenvalue weighted by Gasteiger charge is 1.98. The molecule has 0 bridgehead atoms. The van der Waals surface area contributed by atoms with Crippen molar-refractivity contribution in [3.8, 4) is 0 Å². The number of allylic oxidation sites excluding steroid dienone is 8. The van der Waals surface area contributed by atoms with Crippen LogP contribution < -0.4 is 0 Å². The van der Waals surface area contributed by atoms with Crippen molar-refractivity contribution in [2.75, 3.05) is 6.61 Å². The minimum Gasteiger partial charge on any atom is -0.466 e. The van der Waals surface area contributed by atoms with Crippen molar-refractivity contribution in [1.29, 1.82) is 0 Å². The number of aliphatic hydroxyl groups excluding tert-OH is 1. The minimum absolute atomic E-state index is 0.114. The van der Waals surface area contributed by atoms with Crippen LogP contribution in [-0.4, -0.2) is 23.8 Å². The van der Waals surface area contributed by atoms with Crippen molar-refractivity contribution in [3.63, 3.8) is 0 Å². The molecule has 0 saturated heterocycles. The van der Waals surface area contributed by atoms with Gasteiger partial charge in [0.1, 0.15) is 0 Å². The molecule has 0 unspecified atom stereocenters. The summed E-state index contributed by atoms with van der Waals surface area (Å²) in [6.45, 7) is 4.38. The summed E-state index contributed by atoms with van der Waals surface area (Å²) in [6, 6.07) is 0. The van der Waals surface area contributed by atoms with E-state index < -0.39 is 6.10 Å². The van der Waals surface area contributed by atoms with Gasteiger partial charge < -0.3 is 9.84 Å². The first-order valence-corrected chi connectivity index (χ1v) is 9.32. The van der Waals surface area contributed by atoms with E-state index in [1.807, 2.05) is 19.1 Å². The standard InChI is InChI=1S/C22H34O3/c1-3-5-6-12-15-18-21(23)19-16-13-10-8-7-9-11-14-17-20-22(24)25-4-2/h5-6,8-11,15-16,18-19,21,23H,3-4,7,12-14,17,20H2,1-2H3/b6-5-,10-8-,11-9-,18-15-,19-16-/t21-/m1/s1. The lowest BCUT2D eigenvalue weighted by atomic mass is 10.2. The monoisotopic (exact) mass is 346 g/mol. The van der Waals surface area contributed by atoms with E-state index in [9.17, 15) is 9.90 Å². The maximum Gasteiger partial charge on any atom is 0.305 e. The normalized spacial score (nSPS) is 13.9. The van der Waals surface area contributed by atoms with Gasteiger partial charge in [-0.15, -0.1) is 0 Å². The number of aliphatic hydroxyl groups is 1. The third kappa shape index (κ3) is 18.3. The number of esters is 1. The van der Waals surface area contributed by atoms with E-state index in [4.69, 9.17) is 4.74 Å². The van der Waals surface area contributed by atoms with Crippen LogP contribution in [0.1, 0.15) is 58.8 Å². The zero-order valence-corrected chi connectivity index (χ0v) is 15.8. The molecule has 25 heavy (non-hydrogen) atoms. The molecule has 3 nitrogen and oxygen atoms in total. The maximum absolute atomic E-state index is 11.1. The Bertz CT molecular complexity index is 456. The highest BCUT2D eigenvalue weighted by atomic mass is 16.5. The van der Waals surface area contributed by atoms with Gasteiger partial charge in [-0.2, -0.15) is 0 Å². The Labute approximate surface area is 153 Å². The lowest BCUT2D eigenvalue weighted by Gasteiger charge is -1.98. The zero-order chi connectivity index (χ0) is 18.6. The first-order chi connectivity index (χ1) is 12.2. The average Bonchev–Trinajstić information content (AvgIpc) is 2.59. The van der Waals surface area contributed by atoms with Crippen LogP contribution in [0, 0.1) is 0 Å². The summed E-state index contributed by atoms with van der Waals surface area (Å²) < 4.78 is 4.87. The van der Waals surface area contributed by atoms with Gasteiger partial charge in [0, 0.05) is 6.42 Å². The molecule has 0 aliphatic heterocycles. The molecule has 140 valence electrons. The fourth-order valence-corrected chi connectivity index (χ4v) is 2.00. The molecule has 3 heteroatoms. The number of rotatable bonds is 14. The Morgan fingerprint density at radius 2 is 1.44 bits per heavy atom. The van der Waals surface area contributed by atoms with Gasteiger partial charge in [-0.05, 0) is 45.4 Å². The first-order valence-electron chi connectivity index (χ1n) is 9.32. The Kier molecular flexibility index (Phi) is 17.1. The van der Waals surface area contributed by atoms with Gasteiger partial charge in [-0.1, -0.05) is 67.7 Å². The summed E-state index contributed by atoms with van der Waals surface area (Å²) >= 11 is 0. The largest absolute Gasteiger partial charge is 0.466 e. The number of ether oxygens (including phenoxy) is 1. The second-order valence-corrected chi connectivity index (χ2v) is 5.57. The van der Waals surface area contributed by atoms with E-state index in [0.717, 1.165) is 38.5 Å². The SMILES string of the molecule is CC/C=C\C/C=C\[C@@H](O)/C=C\C/C=C\C/C=C\CCCC(=O)OCC. The highest BCUT2D eigenvalue weighted by molar-refractivity contribution is 5.69. The summed E-state index contributed by atoms with van der Waals surface area (Å²) in [5.74, 6) is -0.114. The fourth-order valence-electron chi connectivity index (χ4n) is 2.00. The molecule has 1 N–H and O–H groups in total. The molecule has 0 spiro atoms. The molecule has 0 aliphatic rings. The Morgan fingerprint density at radius 3 is 2.04 bits per heavy atom. The second-order valence-electron chi connectivity index (χ2n) is 5.57. The van der Waals surface area contributed by atoms with Crippen LogP contribution in [0.25, 0.3) is 0 Å².